The summed E-state index contributed by atoms with van der Waals surface area (Å²) >= 11 is 0. The molecule has 0 amide bonds. The van der Waals surface area contributed by atoms with Crippen molar-refractivity contribution >= 4 is 6.01 Å². The molecule has 2 rings (SSSR count). The molecule has 1 aromatic rings. The maximum atomic E-state index is 5.49. The molecular weight excluding hydrogens is 244 g/mol. The number of nitrogens with one attached hydrogen (secondary N) is 2. The van der Waals surface area contributed by atoms with Crippen LogP contribution in [-0.2, 0) is 11.3 Å². The fourth-order valence-corrected chi connectivity index (χ4v) is 2.45. The summed E-state index contributed by atoms with van der Waals surface area (Å²) in [5.74, 6) is 1.49. The van der Waals surface area contributed by atoms with E-state index in [0.29, 0.717) is 25.1 Å². The molecule has 0 atom stereocenters. The van der Waals surface area contributed by atoms with Crippen LogP contribution in [0.5, 0.6) is 0 Å². The first-order chi connectivity index (χ1) is 9.38. The van der Waals surface area contributed by atoms with E-state index in [4.69, 9.17) is 9.15 Å². The summed E-state index contributed by atoms with van der Waals surface area (Å²) < 4.78 is 10.4. The summed E-state index contributed by atoms with van der Waals surface area (Å²) in [5, 5.41) is 14.3. The molecule has 6 heteroatoms. The molecule has 1 aromatic heterocycles. The summed E-state index contributed by atoms with van der Waals surface area (Å²) in [6.45, 7) is 2.97. The van der Waals surface area contributed by atoms with E-state index in [9.17, 15) is 0 Å². The highest BCUT2D eigenvalue weighted by Crippen LogP contribution is 2.27. The number of methoxy groups -OCH3 is 1. The molecule has 0 aliphatic heterocycles. The van der Waals surface area contributed by atoms with E-state index in [1.54, 1.807) is 7.11 Å². The number of ether oxygens (including phenoxy) is 1. The second kappa shape index (κ2) is 8.12. The third-order valence-electron chi connectivity index (χ3n) is 3.53. The molecule has 19 heavy (non-hydrogen) atoms. The van der Waals surface area contributed by atoms with Gasteiger partial charge in [-0.3, -0.25) is 0 Å². The van der Waals surface area contributed by atoms with Crippen molar-refractivity contribution in [3.63, 3.8) is 0 Å². The van der Waals surface area contributed by atoms with Crippen LogP contribution in [-0.4, -0.2) is 37.0 Å². The lowest BCUT2D eigenvalue weighted by Gasteiger charge is -2.07. The van der Waals surface area contributed by atoms with Crippen molar-refractivity contribution in [1.29, 1.82) is 0 Å². The van der Waals surface area contributed by atoms with Gasteiger partial charge in [0, 0.05) is 20.2 Å². The first-order valence-electron chi connectivity index (χ1n) is 7.14. The van der Waals surface area contributed by atoms with E-state index in [1.165, 1.54) is 32.1 Å². The fraction of sp³-hybridized carbons (Fsp3) is 0.846. The number of aromatic nitrogens is 2. The summed E-state index contributed by atoms with van der Waals surface area (Å²) in [6.07, 6.45) is 6.73. The van der Waals surface area contributed by atoms with E-state index >= 15 is 0 Å². The van der Waals surface area contributed by atoms with Gasteiger partial charge in [-0.1, -0.05) is 30.8 Å². The van der Waals surface area contributed by atoms with Gasteiger partial charge in [-0.05, 0) is 12.3 Å². The van der Waals surface area contributed by atoms with Crippen LogP contribution in [0, 0.1) is 5.92 Å². The van der Waals surface area contributed by atoms with Gasteiger partial charge in [-0.2, -0.15) is 0 Å². The Labute approximate surface area is 114 Å². The molecular formula is C13H24N4O2. The second-order valence-corrected chi connectivity index (χ2v) is 5.04. The number of nitrogens with zero attached hydrogens (tertiary/aromatic N) is 2. The Morgan fingerprint density at radius 1 is 1.26 bits per heavy atom. The largest absolute Gasteiger partial charge is 0.407 e. The van der Waals surface area contributed by atoms with Crippen LogP contribution in [0.2, 0.25) is 0 Å². The number of hydrogen-bond acceptors (Lipinski definition) is 6. The molecule has 0 spiro atoms. The lowest BCUT2D eigenvalue weighted by atomic mass is 10.0. The third kappa shape index (κ3) is 5.16. The predicted molar refractivity (Wildman–Crippen MR) is 72.9 cm³/mol. The Morgan fingerprint density at radius 3 is 2.89 bits per heavy atom. The van der Waals surface area contributed by atoms with E-state index < -0.39 is 0 Å². The zero-order valence-corrected chi connectivity index (χ0v) is 11.7. The Kier molecular flexibility index (Phi) is 6.10. The molecule has 0 radical (unpaired) electrons. The van der Waals surface area contributed by atoms with Crippen LogP contribution in [0.1, 0.15) is 38.0 Å². The highest BCUT2D eigenvalue weighted by atomic mass is 16.5. The van der Waals surface area contributed by atoms with Crippen LogP contribution < -0.4 is 10.6 Å². The van der Waals surface area contributed by atoms with E-state index in [1.807, 2.05) is 0 Å². The van der Waals surface area contributed by atoms with Crippen LogP contribution in [0.25, 0.3) is 0 Å². The van der Waals surface area contributed by atoms with Gasteiger partial charge in [0.2, 0.25) is 5.89 Å². The maximum Gasteiger partial charge on any atom is 0.315 e. The molecule has 0 aromatic carbocycles. The van der Waals surface area contributed by atoms with E-state index in [0.717, 1.165) is 19.0 Å². The quantitative estimate of drug-likeness (QED) is 0.665. The molecule has 1 aliphatic carbocycles. The Hall–Kier alpha value is -1.14. The topological polar surface area (TPSA) is 72.2 Å². The van der Waals surface area contributed by atoms with E-state index in [2.05, 4.69) is 20.8 Å². The average Bonchev–Trinajstić information content (AvgIpc) is 3.07. The average molecular weight is 268 g/mol. The van der Waals surface area contributed by atoms with Crippen molar-refractivity contribution < 1.29 is 9.15 Å². The lowest BCUT2D eigenvalue weighted by Crippen LogP contribution is -2.18. The lowest BCUT2D eigenvalue weighted by molar-refractivity contribution is 0.198. The van der Waals surface area contributed by atoms with Gasteiger partial charge in [0.25, 0.3) is 0 Å². The summed E-state index contributed by atoms with van der Waals surface area (Å²) in [5.41, 5.74) is 0. The smallest absolute Gasteiger partial charge is 0.315 e. The van der Waals surface area contributed by atoms with Crippen LogP contribution in [0.15, 0.2) is 4.42 Å². The second-order valence-electron chi connectivity index (χ2n) is 5.04. The predicted octanol–water partition coefficient (Wildman–Crippen LogP) is 1.80. The normalized spacial score (nSPS) is 16.1. The van der Waals surface area contributed by atoms with Crippen LogP contribution in [0.3, 0.4) is 0 Å². The number of hydrogen-bond donors (Lipinski definition) is 2. The minimum absolute atomic E-state index is 0.529. The minimum Gasteiger partial charge on any atom is -0.407 e. The van der Waals surface area contributed by atoms with Gasteiger partial charge in [-0.15, -0.1) is 5.10 Å². The molecule has 1 heterocycles. The zero-order chi connectivity index (χ0) is 13.3. The molecule has 6 nitrogen and oxygen atoms in total. The highest BCUT2D eigenvalue weighted by molar-refractivity contribution is 5.16. The summed E-state index contributed by atoms with van der Waals surface area (Å²) in [7, 11) is 1.68. The minimum atomic E-state index is 0.529. The van der Waals surface area contributed by atoms with Crippen LogP contribution >= 0.6 is 0 Å². The molecule has 2 N–H and O–H groups in total. The molecule has 0 saturated heterocycles. The van der Waals surface area contributed by atoms with Crippen molar-refractivity contribution in [2.24, 2.45) is 5.92 Å². The first kappa shape index (κ1) is 14.3. The first-order valence-corrected chi connectivity index (χ1v) is 7.14. The molecule has 0 unspecified atom stereocenters. The molecule has 1 saturated carbocycles. The van der Waals surface area contributed by atoms with Gasteiger partial charge in [0.05, 0.1) is 13.2 Å². The monoisotopic (exact) mass is 268 g/mol. The van der Waals surface area contributed by atoms with E-state index in [-0.39, 0.29) is 0 Å². The highest BCUT2D eigenvalue weighted by Gasteiger charge is 2.14. The SMILES string of the molecule is COCCNCc1nnc(NCCC2CCCC2)o1. The summed E-state index contributed by atoms with van der Waals surface area (Å²) in [6, 6.07) is 0.529. The fourth-order valence-electron chi connectivity index (χ4n) is 2.45. The van der Waals surface area contributed by atoms with Gasteiger partial charge in [0.1, 0.15) is 0 Å². The third-order valence-corrected chi connectivity index (χ3v) is 3.53. The van der Waals surface area contributed by atoms with Crippen molar-refractivity contribution in [1.82, 2.24) is 15.5 Å². The van der Waals surface area contributed by atoms with Gasteiger partial charge < -0.3 is 19.8 Å². The van der Waals surface area contributed by atoms with Gasteiger partial charge >= 0.3 is 6.01 Å². The Balaban J connectivity index is 1.60. The summed E-state index contributed by atoms with van der Waals surface area (Å²) in [4.78, 5) is 0. The zero-order valence-electron chi connectivity index (χ0n) is 11.7. The van der Waals surface area contributed by atoms with Gasteiger partial charge in [-0.25, -0.2) is 0 Å². The molecule has 1 aliphatic rings. The number of rotatable bonds is 9. The Morgan fingerprint density at radius 2 is 2.11 bits per heavy atom. The van der Waals surface area contributed by atoms with Gasteiger partial charge in [0.15, 0.2) is 0 Å². The van der Waals surface area contributed by atoms with Crippen molar-refractivity contribution in [2.75, 3.05) is 32.1 Å². The van der Waals surface area contributed by atoms with Crippen molar-refractivity contribution in [2.45, 2.75) is 38.6 Å². The Bertz CT molecular complexity index is 350. The van der Waals surface area contributed by atoms with Crippen LogP contribution in [0.4, 0.5) is 6.01 Å². The number of anilines is 1. The standard InChI is InChI=1S/C13H24N4O2/c1-18-9-8-14-10-12-16-17-13(19-12)15-7-6-11-4-2-3-5-11/h11,14H,2-10H2,1H3,(H,15,17). The van der Waals surface area contributed by atoms with Crippen molar-refractivity contribution in [3.8, 4) is 0 Å². The molecule has 0 bridgehead atoms. The van der Waals surface area contributed by atoms with Crippen molar-refractivity contribution in [3.05, 3.63) is 5.89 Å². The molecule has 1 fully saturated rings. The maximum absolute atomic E-state index is 5.49. The molecule has 108 valence electrons.